The third kappa shape index (κ3) is 5.98. The van der Waals surface area contributed by atoms with Crippen LogP contribution in [0.1, 0.15) is 27.7 Å². The lowest BCUT2D eigenvalue weighted by Crippen LogP contribution is -2.53. The van der Waals surface area contributed by atoms with Crippen LogP contribution in [0.5, 0.6) is 0 Å². The minimum Gasteiger partial charge on any atom is -0.329 e. The van der Waals surface area contributed by atoms with Crippen LogP contribution in [0.3, 0.4) is 0 Å². The third-order valence-electron chi connectivity index (χ3n) is 1.31. The van der Waals surface area contributed by atoms with Crippen LogP contribution < -0.4 is 15.2 Å². The van der Waals surface area contributed by atoms with Crippen molar-refractivity contribution in [2.45, 2.75) is 39.3 Å². The van der Waals surface area contributed by atoms with E-state index in [0.29, 0.717) is 0 Å². The Morgan fingerprint density at radius 3 is 2.15 bits per heavy atom. The Hall–Kier alpha value is -0.170. The molecule has 0 aliphatic rings. The molecule has 6 heteroatoms. The van der Waals surface area contributed by atoms with Crippen molar-refractivity contribution in [2.24, 2.45) is 5.73 Å². The lowest BCUT2D eigenvalue weighted by Gasteiger charge is -2.24. The first-order valence-electron chi connectivity index (χ1n) is 4.20. The average Bonchev–Trinajstić information content (AvgIpc) is 1.81. The number of hydrogen-bond donors (Lipinski definition) is 3. The normalized spacial score (nSPS) is 13.7. The maximum Gasteiger partial charge on any atom is 0.277 e. The van der Waals surface area contributed by atoms with Gasteiger partial charge in [0, 0.05) is 18.1 Å². The van der Waals surface area contributed by atoms with E-state index in [1.165, 1.54) is 0 Å². The van der Waals surface area contributed by atoms with E-state index >= 15 is 0 Å². The fourth-order valence-electron chi connectivity index (χ4n) is 0.745. The molecule has 0 saturated carbocycles. The average molecular weight is 209 g/mol. The predicted molar refractivity (Wildman–Crippen MR) is 53.5 cm³/mol. The zero-order valence-corrected chi connectivity index (χ0v) is 9.40. The smallest absolute Gasteiger partial charge is 0.277 e. The molecule has 0 aliphatic carbocycles. The van der Waals surface area contributed by atoms with Gasteiger partial charge < -0.3 is 5.73 Å². The number of rotatable bonds is 5. The highest BCUT2D eigenvalue weighted by Crippen LogP contribution is 2.00. The summed E-state index contributed by atoms with van der Waals surface area (Å²) < 4.78 is 27.5. The monoisotopic (exact) mass is 209 g/mol. The lowest BCUT2D eigenvalue weighted by atomic mass is 10.1. The van der Waals surface area contributed by atoms with E-state index < -0.39 is 15.7 Å². The molecule has 0 aromatic rings. The van der Waals surface area contributed by atoms with E-state index in [-0.39, 0.29) is 12.6 Å². The standard InChI is InChI=1S/C7H19N3O2S/c1-6(2)9-13(11,12)10-7(3,4)5-8/h6,9-10H,5,8H2,1-4H3. The van der Waals surface area contributed by atoms with Crippen molar-refractivity contribution < 1.29 is 8.42 Å². The molecule has 0 heterocycles. The van der Waals surface area contributed by atoms with Gasteiger partial charge in [0.1, 0.15) is 0 Å². The minimum absolute atomic E-state index is 0.119. The molecule has 0 aliphatic heterocycles. The Morgan fingerprint density at radius 2 is 1.85 bits per heavy atom. The highest BCUT2D eigenvalue weighted by atomic mass is 32.2. The molecule has 0 rings (SSSR count). The van der Waals surface area contributed by atoms with Crippen LogP contribution in [-0.4, -0.2) is 26.5 Å². The van der Waals surface area contributed by atoms with Crippen LogP contribution in [0.2, 0.25) is 0 Å². The van der Waals surface area contributed by atoms with Gasteiger partial charge in [-0.2, -0.15) is 17.9 Å². The zero-order chi connectivity index (χ0) is 10.7. The summed E-state index contributed by atoms with van der Waals surface area (Å²) >= 11 is 0. The van der Waals surface area contributed by atoms with E-state index in [4.69, 9.17) is 5.73 Å². The molecule has 0 aromatic heterocycles. The SMILES string of the molecule is CC(C)NS(=O)(=O)NC(C)(C)CN. The summed E-state index contributed by atoms with van der Waals surface area (Å²) in [4.78, 5) is 0. The van der Waals surface area contributed by atoms with Gasteiger partial charge in [0.05, 0.1) is 0 Å². The van der Waals surface area contributed by atoms with Crippen molar-refractivity contribution in [2.75, 3.05) is 6.54 Å². The Kier molecular flexibility index (Phi) is 4.31. The fourth-order valence-corrected chi connectivity index (χ4v) is 2.24. The van der Waals surface area contributed by atoms with Crippen LogP contribution >= 0.6 is 0 Å². The maximum atomic E-state index is 11.3. The second-order valence-electron chi connectivity index (χ2n) is 3.97. The fraction of sp³-hybridized carbons (Fsp3) is 1.00. The topological polar surface area (TPSA) is 84.2 Å². The molecule has 0 aromatic carbocycles. The first-order valence-corrected chi connectivity index (χ1v) is 5.68. The number of nitrogens with one attached hydrogen (secondary N) is 2. The summed E-state index contributed by atoms with van der Waals surface area (Å²) in [6.07, 6.45) is 0. The largest absolute Gasteiger partial charge is 0.329 e. The van der Waals surface area contributed by atoms with Gasteiger partial charge >= 0.3 is 0 Å². The van der Waals surface area contributed by atoms with Crippen molar-refractivity contribution >= 4 is 10.2 Å². The predicted octanol–water partition coefficient (Wildman–Crippen LogP) is -0.444. The summed E-state index contributed by atoms with van der Waals surface area (Å²) in [6.45, 7) is 7.23. The highest BCUT2D eigenvalue weighted by Gasteiger charge is 2.23. The molecule has 0 bridgehead atoms. The highest BCUT2D eigenvalue weighted by molar-refractivity contribution is 7.87. The molecule has 80 valence electrons. The molecule has 0 amide bonds. The summed E-state index contributed by atoms with van der Waals surface area (Å²) in [7, 11) is -3.43. The van der Waals surface area contributed by atoms with E-state index in [0.717, 1.165) is 0 Å². The van der Waals surface area contributed by atoms with Crippen molar-refractivity contribution in [1.82, 2.24) is 9.44 Å². The van der Waals surface area contributed by atoms with E-state index in [1.54, 1.807) is 27.7 Å². The second kappa shape index (κ2) is 4.36. The third-order valence-corrected chi connectivity index (χ3v) is 2.91. The van der Waals surface area contributed by atoms with Gasteiger partial charge in [0.25, 0.3) is 10.2 Å². The van der Waals surface area contributed by atoms with Gasteiger partial charge in [-0.3, -0.25) is 0 Å². The Bertz CT molecular complexity index is 246. The summed E-state index contributed by atoms with van der Waals surface area (Å²) in [6, 6.07) is -0.119. The van der Waals surface area contributed by atoms with E-state index in [1.807, 2.05) is 0 Å². The van der Waals surface area contributed by atoms with E-state index in [9.17, 15) is 8.42 Å². The summed E-state index contributed by atoms with van der Waals surface area (Å²) in [5, 5.41) is 0. The van der Waals surface area contributed by atoms with Gasteiger partial charge in [-0.25, -0.2) is 0 Å². The number of nitrogens with two attached hydrogens (primary N) is 1. The molecular weight excluding hydrogens is 190 g/mol. The van der Waals surface area contributed by atoms with Crippen LogP contribution in [0.15, 0.2) is 0 Å². The quantitative estimate of drug-likeness (QED) is 0.573. The maximum absolute atomic E-state index is 11.3. The zero-order valence-electron chi connectivity index (χ0n) is 8.59. The van der Waals surface area contributed by atoms with Gasteiger partial charge in [0.15, 0.2) is 0 Å². The van der Waals surface area contributed by atoms with E-state index in [2.05, 4.69) is 9.44 Å². The molecule has 0 radical (unpaired) electrons. The molecule has 0 spiro atoms. The molecule has 0 saturated heterocycles. The van der Waals surface area contributed by atoms with Crippen LogP contribution in [0.25, 0.3) is 0 Å². The van der Waals surface area contributed by atoms with Crippen molar-refractivity contribution in [1.29, 1.82) is 0 Å². The lowest BCUT2D eigenvalue weighted by molar-refractivity contribution is 0.454. The van der Waals surface area contributed by atoms with Crippen molar-refractivity contribution in [3.63, 3.8) is 0 Å². The first-order chi connectivity index (χ1) is 5.68. The minimum atomic E-state index is -3.43. The van der Waals surface area contributed by atoms with Crippen LogP contribution in [0, 0.1) is 0 Å². The van der Waals surface area contributed by atoms with Gasteiger partial charge in [-0.1, -0.05) is 0 Å². The van der Waals surface area contributed by atoms with Gasteiger partial charge in [-0.05, 0) is 27.7 Å². The Balaban J connectivity index is 4.35. The number of hydrogen-bond acceptors (Lipinski definition) is 3. The van der Waals surface area contributed by atoms with Gasteiger partial charge in [-0.15, -0.1) is 0 Å². The molecule has 5 nitrogen and oxygen atoms in total. The first kappa shape index (κ1) is 12.8. The molecule has 13 heavy (non-hydrogen) atoms. The molecule has 0 unspecified atom stereocenters. The van der Waals surface area contributed by atoms with Crippen LogP contribution in [0.4, 0.5) is 0 Å². The second-order valence-corrected chi connectivity index (χ2v) is 5.41. The Morgan fingerprint density at radius 1 is 1.38 bits per heavy atom. The molecule has 4 N–H and O–H groups in total. The van der Waals surface area contributed by atoms with Crippen LogP contribution in [-0.2, 0) is 10.2 Å². The molecular formula is C7H19N3O2S. The molecule has 0 fully saturated rings. The summed E-state index contributed by atoms with van der Waals surface area (Å²) in [5.41, 5.74) is 4.78. The summed E-state index contributed by atoms with van der Waals surface area (Å²) in [5.74, 6) is 0. The molecule has 0 atom stereocenters. The van der Waals surface area contributed by atoms with Crippen molar-refractivity contribution in [3.8, 4) is 0 Å². The van der Waals surface area contributed by atoms with Gasteiger partial charge in [0.2, 0.25) is 0 Å². The van der Waals surface area contributed by atoms with Crippen molar-refractivity contribution in [3.05, 3.63) is 0 Å². The Labute approximate surface area is 80.3 Å².